The maximum Gasteiger partial charge on any atom is 0.120 e. The van der Waals surface area contributed by atoms with E-state index in [4.69, 9.17) is 11.6 Å². The molecule has 0 radical (unpaired) electrons. The average molecular weight is 196 g/mol. The Balaban J connectivity index is 2.37. The lowest BCUT2D eigenvalue weighted by Gasteiger charge is -2.04. The third kappa shape index (κ3) is 1.42. The number of carbonyl (C=O) groups excluding carboxylic acids is 1. The highest BCUT2D eigenvalue weighted by atomic mass is 35.5. The molecule has 68 valence electrons. The smallest absolute Gasteiger partial charge is 0.120 e. The van der Waals surface area contributed by atoms with E-state index in [1.165, 1.54) is 5.56 Å². The number of nitrogens with one attached hydrogen (secondary N) is 1. The Morgan fingerprint density at radius 2 is 2.46 bits per heavy atom. The van der Waals surface area contributed by atoms with E-state index in [-0.39, 0.29) is 0 Å². The Morgan fingerprint density at radius 1 is 1.62 bits per heavy atom. The van der Waals surface area contributed by atoms with Crippen LogP contribution in [0.3, 0.4) is 0 Å². The number of para-hydroxylation sites is 1. The van der Waals surface area contributed by atoms with Gasteiger partial charge < -0.3 is 10.1 Å². The number of rotatable bonds is 2. The van der Waals surface area contributed by atoms with Crippen LogP contribution in [0.2, 0.25) is 5.02 Å². The first kappa shape index (κ1) is 8.57. The molecule has 1 unspecified atom stereocenters. The lowest BCUT2D eigenvalue weighted by molar-refractivity contribution is -0.108. The Morgan fingerprint density at radius 3 is 3.23 bits per heavy atom. The largest absolute Gasteiger partial charge is 0.383 e. The second kappa shape index (κ2) is 3.38. The molecule has 0 aromatic heterocycles. The van der Waals surface area contributed by atoms with Gasteiger partial charge in [-0.2, -0.15) is 0 Å². The van der Waals surface area contributed by atoms with Crippen molar-refractivity contribution in [2.24, 2.45) is 0 Å². The molecule has 1 heterocycles. The highest BCUT2D eigenvalue weighted by Crippen LogP contribution is 2.37. The molecule has 0 fully saturated rings. The molecule has 0 saturated heterocycles. The lowest BCUT2D eigenvalue weighted by atomic mass is 9.99. The summed E-state index contributed by atoms with van der Waals surface area (Å²) >= 11 is 5.98. The van der Waals surface area contributed by atoms with Crippen LogP contribution in [0.4, 0.5) is 5.69 Å². The SMILES string of the molecule is O=CCC1CNc2c(Cl)cccc21. The summed E-state index contributed by atoms with van der Waals surface area (Å²) in [6.45, 7) is 0.817. The van der Waals surface area contributed by atoms with E-state index in [1.54, 1.807) is 0 Å². The van der Waals surface area contributed by atoms with Gasteiger partial charge in [0.2, 0.25) is 0 Å². The Hall–Kier alpha value is -1.02. The van der Waals surface area contributed by atoms with Crippen molar-refractivity contribution in [1.82, 2.24) is 0 Å². The van der Waals surface area contributed by atoms with Crippen LogP contribution in [0.25, 0.3) is 0 Å². The monoisotopic (exact) mass is 195 g/mol. The molecule has 1 atom stereocenters. The summed E-state index contributed by atoms with van der Waals surface area (Å²) in [4.78, 5) is 10.4. The van der Waals surface area contributed by atoms with Crippen molar-refractivity contribution in [2.45, 2.75) is 12.3 Å². The second-order valence-corrected chi connectivity index (χ2v) is 3.59. The minimum Gasteiger partial charge on any atom is -0.383 e. The number of halogens is 1. The Labute approximate surface area is 81.9 Å². The highest BCUT2D eigenvalue weighted by molar-refractivity contribution is 6.33. The zero-order valence-electron chi connectivity index (χ0n) is 7.09. The van der Waals surface area contributed by atoms with Gasteiger partial charge in [-0.1, -0.05) is 23.7 Å². The maximum atomic E-state index is 10.4. The van der Waals surface area contributed by atoms with Gasteiger partial charge in [-0.15, -0.1) is 0 Å². The van der Waals surface area contributed by atoms with Gasteiger partial charge in [-0.3, -0.25) is 0 Å². The number of hydrogen-bond acceptors (Lipinski definition) is 2. The molecule has 2 nitrogen and oxygen atoms in total. The van der Waals surface area contributed by atoms with E-state index in [0.717, 1.165) is 23.5 Å². The molecule has 1 aliphatic rings. The molecule has 0 spiro atoms. The number of aldehydes is 1. The predicted molar refractivity (Wildman–Crippen MR) is 53.4 cm³/mol. The van der Waals surface area contributed by atoms with Gasteiger partial charge in [0.15, 0.2) is 0 Å². The zero-order valence-corrected chi connectivity index (χ0v) is 7.84. The standard InChI is InChI=1S/C10H10ClNO/c11-9-3-1-2-8-7(4-5-13)6-12-10(8)9/h1-3,5,7,12H,4,6H2. The predicted octanol–water partition coefficient (Wildman–Crippen LogP) is 2.44. The van der Waals surface area contributed by atoms with Gasteiger partial charge in [-0.05, 0) is 11.6 Å². The molecule has 0 amide bonds. The Bertz CT molecular complexity index is 338. The van der Waals surface area contributed by atoms with Crippen molar-refractivity contribution < 1.29 is 4.79 Å². The number of benzene rings is 1. The lowest BCUT2D eigenvalue weighted by Crippen LogP contribution is -2.01. The molecule has 13 heavy (non-hydrogen) atoms. The molecule has 0 saturated carbocycles. The fourth-order valence-corrected chi connectivity index (χ4v) is 1.98. The van der Waals surface area contributed by atoms with Gasteiger partial charge in [0.1, 0.15) is 6.29 Å². The minimum absolute atomic E-state index is 0.297. The first-order chi connectivity index (χ1) is 6.33. The van der Waals surface area contributed by atoms with Crippen LogP contribution in [-0.4, -0.2) is 12.8 Å². The molecule has 0 aliphatic carbocycles. The average Bonchev–Trinajstić information content (AvgIpc) is 2.51. The molecule has 2 rings (SSSR count). The minimum atomic E-state index is 0.297. The van der Waals surface area contributed by atoms with Crippen molar-refractivity contribution in [1.29, 1.82) is 0 Å². The number of anilines is 1. The van der Waals surface area contributed by atoms with Crippen LogP contribution < -0.4 is 5.32 Å². The molecular weight excluding hydrogens is 186 g/mol. The summed E-state index contributed by atoms with van der Waals surface area (Å²) in [7, 11) is 0. The van der Waals surface area contributed by atoms with Crippen molar-refractivity contribution in [3.05, 3.63) is 28.8 Å². The van der Waals surface area contributed by atoms with Crippen molar-refractivity contribution >= 4 is 23.6 Å². The number of fused-ring (bicyclic) bond motifs is 1. The molecular formula is C10H10ClNO. The van der Waals surface area contributed by atoms with Gasteiger partial charge in [0, 0.05) is 18.9 Å². The van der Waals surface area contributed by atoms with E-state index < -0.39 is 0 Å². The van der Waals surface area contributed by atoms with Crippen LogP contribution in [0.1, 0.15) is 17.9 Å². The highest BCUT2D eigenvalue weighted by Gasteiger charge is 2.22. The van der Waals surface area contributed by atoms with Crippen molar-refractivity contribution in [3.63, 3.8) is 0 Å². The van der Waals surface area contributed by atoms with Gasteiger partial charge in [0.25, 0.3) is 0 Å². The van der Waals surface area contributed by atoms with Crippen LogP contribution >= 0.6 is 11.6 Å². The molecule has 1 aromatic carbocycles. The number of carbonyl (C=O) groups is 1. The van der Waals surface area contributed by atoms with E-state index in [0.29, 0.717) is 12.3 Å². The van der Waals surface area contributed by atoms with E-state index in [2.05, 4.69) is 5.32 Å². The normalized spacial score (nSPS) is 19.3. The quantitative estimate of drug-likeness (QED) is 0.735. The molecule has 1 aliphatic heterocycles. The molecule has 3 heteroatoms. The fraction of sp³-hybridized carbons (Fsp3) is 0.300. The van der Waals surface area contributed by atoms with Crippen LogP contribution in [0.15, 0.2) is 18.2 Å². The molecule has 0 bridgehead atoms. The first-order valence-electron chi connectivity index (χ1n) is 4.29. The van der Waals surface area contributed by atoms with E-state index in [1.807, 2.05) is 18.2 Å². The zero-order chi connectivity index (χ0) is 9.26. The summed E-state index contributed by atoms with van der Waals surface area (Å²) in [6.07, 6.45) is 1.53. The van der Waals surface area contributed by atoms with Crippen LogP contribution in [0.5, 0.6) is 0 Å². The first-order valence-corrected chi connectivity index (χ1v) is 4.66. The summed E-state index contributed by atoms with van der Waals surface area (Å²) in [5.74, 6) is 0.297. The van der Waals surface area contributed by atoms with Gasteiger partial charge in [-0.25, -0.2) is 0 Å². The van der Waals surface area contributed by atoms with E-state index in [9.17, 15) is 4.79 Å². The van der Waals surface area contributed by atoms with Crippen molar-refractivity contribution in [2.75, 3.05) is 11.9 Å². The third-order valence-corrected chi connectivity index (χ3v) is 2.71. The summed E-state index contributed by atoms with van der Waals surface area (Å²) in [5.41, 5.74) is 2.16. The van der Waals surface area contributed by atoms with Gasteiger partial charge >= 0.3 is 0 Å². The summed E-state index contributed by atoms with van der Waals surface area (Å²) < 4.78 is 0. The van der Waals surface area contributed by atoms with Gasteiger partial charge in [0.05, 0.1) is 10.7 Å². The van der Waals surface area contributed by atoms with Crippen LogP contribution in [0, 0.1) is 0 Å². The molecule has 1 aromatic rings. The van der Waals surface area contributed by atoms with Crippen LogP contribution in [-0.2, 0) is 4.79 Å². The van der Waals surface area contributed by atoms with E-state index >= 15 is 0 Å². The topological polar surface area (TPSA) is 29.1 Å². The summed E-state index contributed by atoms with van der Waals surface area (Å²) in [5, 5.41) is 3.95. The fourth-order valence-electron chi connectivity index (χ4n) is 1.73. The van der Waals surface area contributed by atoms with Crippen molar-refractivity contribution in [3.8, 4) is 0 Å². The second-order valence-electron chi connectivity index (χ2n) is 3.18. The Kier molecular flexibility index (Phi) is 2.23. The number of hydrogen-bond donors (Lipinski definition) is 1. The third-order valence-electron chi connectivity index (χ3n) is 2.39. The summed E-state index contributed by atoms with van der Waals surface area (Å²) in [6, 6.07) is 5.80. The molecule has 1 N–H and O–H groups in total. The maximum absolute atomic E-state index is 10.4.